The molecule has 1 aromatic heterocycles. The minimum atomic E-state index is 0.137. The van der Waals surface area contributed by atoms with Gasteiger partial charge in [0.05, 0.1) is 5.92 Å². The zero-order valence-electron chi connectivity index (χ0n) is 9.53. The van der Waals surface area contributed by atoms with E-state index in [1.54, 1.807) is 0 Å². The molecule has 2 fully saturated rings. The van der Waals surface area contributed by atoms with Crippen LogP contribution in [0.5, 0.6) is 0 Å². The van der Waals surface area contributed by atoms with E-state index < -0.39 is 0 Å². The van der Waals surface area contributed by atoms with Crippen LogP contribution in [0.25, 0.3) is 0 Å². The predicted molar refractivity (Wildman–Crippen MR) is 63.8 cm³/mol. The fourth-order valence-corrected chi connectivity index (χ4v) is 3.82. The molecule has 0 radical (unpaired) electrons. The van der Waals surface area contributed by atoms with Crippen molar-refractivity contribution in [3.05, 3.63) is 11.7 Å². The molecule has 3 rings (SSSR count). The standard InChI is InChI=1S/C11H17N3OS/c1-11(3-5-16-7-11)10-13-9(15-14-10)8-2-4-12-6-8/h8,12H,2-7H2,1H3. The molecule has 0 spiro atoms. The van der Waals surface area contributed by atoms with Crippen LogP contribution in [0, 0.1) is 0 Å². The molecule has 16 heavy (non-hydrogen) atoms. The first kappa shape index (κ1) is 10.6. The van der Waals surface area contributed by atoms with E-state index in [1.807, 2.05) is 11.8 Å². The lowest BCUT2D eigenvalue weighted by molar-refractivity contribution is 0.345. The summed E-state index contributed by atoms with van der Waals surface area (Å²) >= 11 is 1.98. The molecule has 1 aromatic rings. The molecule has 1 N–H and O–H groups in total. The Balaban J connectivity index is 1.81. The minimum Gasteiger partial charge on any atom is -0.339 e. The average molecular weight is 239 g/mol. The monoisotopic (exact) mass is 239 g/mol. The average Bonchev–Trinajstić information content (AvgIpc) is 2.98. The van der Waals surface area contributed by atoms with Crippen LogP contribution in [0.4, 0.5) is 0 Å². The van der Waals surface area contributed by atoms with Crippen molar-refractivity contribution in [2.24, 2.45) is 0 Å². The lowest BCUT2D eigenvalue weighted by Gasteiger charge is -2.16. The molecule has 4 nitrogen and oxygen atoms in total. The summed E-state index contributed by atoms with van der Waals surface area (Å²) in [5.74, 6) is 4.51. The first-order chi connectivity index (χ1) is 7.78. The first-order valence-corrected chi connectivity index (χ1v) is 7.06. The number of nitrogens with one attached hydrogen (secondary N) is 1. The second-order valence-corrected chi connectivity index (χ2v) is 6.11. The summed E-state index contributed by atoms with van der Waals surface area (Å²) in [5, 5.41) is 7.51. The van der Waals surface area contributed by atoms with Crippen LogP contribution in [0.3, 0.4) is 0 Å². The second kappa shape index (κ2) is 4.04. The molecule has 2 saturated heterocycles. The van der Waals surface area contributed by atoms with E-state index in [4.69, 9.17) is 4.52 Å². The van der Waals surface area contributed by atoms with Crippen LogP contribution in [0.1, 0.15) is 37.4 Å². The van der Waals surface area contributed by atoms with Crippen molar-refractivity contribution in [2.45, 2.75) is 31.1 Å². The van der Waals surface area contributed by atoms with E-state index >= 15 is 0 Å². The van der Waals surface area contributed by atoms with Gasteiger partial charge < -0.3 is 9.84 Å². The summed E-state index contributed by atoms with van der Waals surface area (Å²) in [4.78, 5) is 4.61. The number of thioether (sulfide) groups is 1. The maximum atomic E-state index is 5.42. The quantitative estimate of drug-likeness (QED) is 0.848. The summed E-state index contributed by atoms with van der Waals surface area (Å²) in [6, 6.07) is 0. The van der Waals surface area contributed by atoms with Gasteiger partial charge >= 0.3 is 0 Å². The molecule has 2 aliphatic heterocycles. The lowest BCUT2D eigenvalue weighted by atomic mass is 9.89. The van der Waals surface area contributed by atoms with E-state index in [2.05, 4.69) is 22.4 Å². The zero-order chi connectivity index (χ0) is 11.0. The molecular weight excluding hydrogens is 222 g/mol. The summed E-state index contributed by atoms with van der Waals surface area (Å²) in [6.45, 7) is 4.29. The Morgan fingerprint density at radius 2 is 2.50 bits per heavy atom. The third-order valence-electron chi connectivity index (χ3n) is 3.61. The van der Waals surface area contributed by atoms with Gasteiger partial charge in [-0.1, -0.05) is 12.1 Å². The van der Waals surface area contributed by atoms with Crippen molar-refractivity contribution in [2.75, 3.05) is 24.6 Å². The summed E-state index contributed by atoms with van der Waals surface area (Å²) < 4.78 is 5.42. The Morgan fingerprint density at radius 3 is 3.19 bits per heavy atom. The molecule has 0 aromatic carbocycles. The van der Waals surface area contributed by atoms with Crippen LogP contribution < -0.4 is 5.32 Å². The number of hydrogen-bond acceptors (Lipinski definition) is 5. The molecule has 88 valence electrons. The van der Waals surface area contributed by atoms with Crippen molar-refractivity contribution in [3.8, 4) is 0 Å². The number of nitrogens with zero attached hydrogens (tertiary/aromatic N) is 2. The van der Waals surface area contributed by atoms with Crippen molar-refractivity contribution in [3.63, 3.8) is 0 Å². The van der Waals surface area contributed by atoms with Crippen molar-refractivity contribution in [1.82, 2.24) is 15.5 Å². The highest BCUT2D eigenvalue weighted by atomic mass is 32.2. The summed E-state index contributed by atoms with van der Waals surface area (Å²) in [5.41, 5.74) is 0.137. The zero-order valence-corrected chi connectivity index (χ0v) is 10.3. The van der Waals surface area contributed by atoms with Crippen LogP contribution in [0.2, 0.25) is 0 Å². The van der Waals surface area contributed by atoms with Crippen LogP contribution >= 0.6 is 11.8 Å². The van der Waals surface area contributed by atoms with Gasteiger partial charge in [-0.2, -0.15) is 16.7 Å². The molecule has 0 aliphatic carbocycles. The predicted octanol–water partition coefficient (Wildman–Crippen LogP) is 1.54. The molecule has 0 saturated carbocycles. The molecule has 2 unspecified atom stereocenters. The fraction of sp³-hybridized carbons (Fsp3) is 0.818. The van der Waals surface area contributed by atoms with E-state index in [1.165, 1.54) is 12.2 Å². The Bertz CT molecular complexity index is 367. The van der Waals surface area contributed by atoms with Gasteiger partial charge in [0.15, 0.2) is 5.82 Å². The maximum Gasteiger partial charge on any atom is 0.231 e. The summed E-state index contributed by atoms with van der Waals surface area (Å²) in [7, 11) is 0. The molecule has 5 heteroatoms. The van der Waals surface area contributed by atoms with Crippen LogP contribution in [-0.2, 0) is 5.41 Å². The third kappa shape index (κ3) is 1.76. The molecular formula is C11H17N3OS. The van der Waals surface area contributed by atoms with Crippen molar-refractivity contribution >= 4 is 11.8 Å². The maximum absolute atomic E-state index is 5.42. The SMILES string of the molecule is CC1(c2noc(C3CCNC3)n2)CCSC1. The number of aromatic nitrogens is 2. The highest BCUT2D eigenvalue weighted by molar-refractivity contribution is 7.99. The van der Waals surface area contributed by atoms with Gasteiger partial charge in [0.1, 0.15) is 0 Å². The Labute approximate surface area is 99.6 Å². The van der Waals surface area contributed by atoms with E-state index in [0.29, 0.717) is 5.92 Å². The van der Waals surface area contributed by atoms with Crippen LogP contribution in [-0.4, -0.2) is 34.7 Å². The first-order valence-electron chi connectivity index (χ1n) is 5.90. The van der Waals surface area contributed by atoms with Gasteiger partial charge in [-0.15, -0.1) is 0 Å². The highest BCUT2D eigenvalue weighted by Gasteiger charge is 2.36. The van der Waals surface area contributed by atoms with Gasteiger partial charge in [-0.3, -0.25) is 0 Å². The van der Waals surface area contributed by atoms with Gasteiger partial charge in [-0.05, 0) is 25.1 Å². The van der Waals surface area contributed by atoms with Crippen molar-refractivity contribution < 1.29 is 4.52 Å². The number of hydrogen-bond donors (Lipinski definition) is 1. The van der Waals surface area contributed by atoms with Crippen LogP contribution in [0.15, 0.2) is 4.52 Å². The smallest absolute Gasteiger partial charge is 0.231 e. The molecule has 2 aliphatic rings. The Hall–Kier alpha value is -0.550. The molecule has 3 heterocycles. The van der Waals surface area contributed by atoms with Gasteiger partial charge in [0, 0.05) is 17.7 Å². The summed E-state index contributed by atoms with van der Waals surface area (Å²) in [6.07, 6.45) is 2.28. The highest BCUT2D eigenvalue weighted by Crippen LogP contribution is 2.37. The third-order valence-corrected chi connectivity index (χ3v) is 4.94. The minimum absolute atomic E-state index is 0.137. The largest absolute Gasteiger partial charge is 0.339 e. The molecule has 0 amide bonds. The normalized spacial score (nSPS) is 34.7. The van der Waals surface area contributed by atoms with E-state index in [-0.39, 0.29) is 5.41 Å². The fourth-order valence-electron chi connectivity index (χ4n) is 2.35. The molecule has 0 bridgehead atoms. The van der Waals surface area contributed by atoms with E-state index in [9.17, 15) is 0 Å². The van der Waals surface area contributed by atoms with Gasteiger partial charge in [0.2, 0.25) is 5.89 Å². The molecule has 2 atom stereocenters. The second-order valence-electron chi connectivity index (χ2n) is 5.01. The van der Waals surface area contributed by atoms with E-state index in [0.717, 1.165) is 37.0 Å². The van der Waals surface area contributed by atoms with Crippen molar-refractivity contribution in [1.29, 1.82) is 0 Å². The van der Waals surface area contributed by atoms with Gasteiger partial charge in [-0.25, -0.2) is 0 Å². The number of rotatable bonds is 2. The lowest BCUT2D eigenvalue weighted by Crippen LogP contribution is -2.22. The Kier molecular flexibility index (Phi) is 2.67. The topological polar surface area (TPSA) is 51.0 Å². The Morgan fingerprint density at radius 1 is 1.56 bits per heavy atom. The van der Waals surface area contributed by atoms with Gasteiger partial charge in [0.25, 0.3) is 0 Å².